The molecule has 0 radical (unpaired) electrons. The molecule has 3 heterocycles. The Hall–Kier alpha value is -3.39. The van der Waals surface area contributed by atoms with Gasteiger partial charge in [-0.25, -0.2) is 0 Å². The highest BCUT2D eigenvalue weighted by Crippen LogP contribution is 2.32. The molecule has 2 atom stereocenters. The minimum Gasteiger partial charge on any atom is -0.371 e. The van der Waals surface area contributed by atoms with Crippen molar-refractivity contribution in [1.82, 2.24) is 10.2 Å². The van der Waals surface area contributed by atoms with E-state index in [1.54, 1.807) is 18.2 Å². The molecule has 0 aromatic heterocycles. The standard InChI is InChI=1S/C19H20N6O4/c20-23-21-9-11-2-1-7-24(10-11)12-3-4-13-14(8-12)19(29)25(18(13)28)15-5-6-16(26)22-17(15)27/h3-4,8,11,15H,1-2,5-7,9-10H2,(H,22,26,27). The van der Waals surface area contributed by atoms with Gasteiger partial charge in [0, 0.05) is 36.7 Å². The molecule has 1 N–H and O–H groups in total. The van der Waals surface area contributed by atoms with Crippen molar-refractivity contribution in [2.45, 2.75) is 31.7 Å². The Morgan fingerprint density at radius 1 is 1.14 bits per heavy atom. The molecule has 0 saturated carbocycles. The molecule has 1 aromatic rings. The summed E-state index contributed by atoms with van der Waals surface area (Å²) in [4.78, 5) is 55.1. The first kappa shape index (κ1) is 18.9. The monoisotopic (exact) mass is 396 g/mol. The zero-order valence-corrected chi connectivity index (χ0v) is 15.7. The van der Waals surface area contributed by atoms with Crippen LogP contribution in [-0.2, 0) is 9.59 Å². The van der Waals surface area contributed by atoms with Gasteiger partial charge in [-0.2, -0.15) is 0 Å². The average Bonchev–Trinajstić information content (AvgIpc) is 2.97. The van der Waals surface area contributed by atoms with Crippen molar-refractivity contribution in [1.29, 1.82) is 0 Å². The average molecular weight is 396 g/mol. The lowest BCUT2D eigenvalue weighted by Gasteiger charge is -2.34. The molecule has 3 aliphatic rings. The summed E-state index contributed by atoms with van der Waals surface area (Å²) in [6, 6.07) is 4.14. The second-order valence-corrected chi connectivity index (χ2v) is 7.54. The Morgan fingerprint density at radius 2 is 1.93 bits per heavy atom. The Labute approximate surface area is 166 Å². The number of anilines is 1. The lowest BCUT2D eigenvalue weighted by atomic mass is 9.97. The van der Waals surface area contributed by atoms with E-state index in [1.165, 1.54) is 0 Å². The van der Waals surface area contributed by atoms with E-state index in [2.05, 4.69) is 20.2 Å². The highest BCUT2D eigenvalue weighted by atomic mass is 16.2. The number of hydrogen-bond acceptors (Lipinski definition) is 6. The predicted molar refractivity (Wildman–Crippen MR) is 102 cm³/mol. The van der Waals surface area contributed by atoms with Crippen molar-refractivity contribution >= 4 is 29.3 Å². The van der Waals surface area contributed by atoms with Crippen LogP contribution in [0.2, 0.25) is 0 Å². The fourth-order valence-corrected chi connectivity index (χ4v) is 4.26. The number of nitrogens with one attached hydrogen (secondary N) is 1. The third-order valence-electron chi connectivity index (χ3n) is 5.71. The first-order valence-corrected chi connectivity index (χ1v) is 9.61. The van der Waals surface area contributed by atoms with Gasteiger partial charge in [0.1, 0.15) is 6.04 Å². The summed E-state index contributed by atoms with van der Waals surface area (Å²) in [7, 11) is 0. The fourth-order valence-electron chi connectivity index (χ4n) is 4.26. The smallest absolute Gasteiger partial charge is 0.262 e. The van der Waals surface area contributed by atoms with Crippen molar-refractivity contribution in [3.05, 3.63) is 39.8 Å². The van der Waals surface area contributed by atoms with Gasteiger partial charge in [0.15, 0.2) is 0 Å². The van der Waals surface area contributed by atoms with Gasteiger partial charge in [-0.1, -0.05) is 5.11 Å². The van der Waals surface area contributed by atoms with Crippen LogP contribution < -0.4 is 10.2 Å². The van der Waals surface area contributed by atoms with Gasteiger partial charge in [-0.3, -0.25) is 29.4 Å². The van der Waals surface area contributed by atoms with Crippen molar-refractivity contribution < 1.29 is 19.2 Å². The van der Waals surface area contributed by atoms with Crippen LogP contribution >= 0.6 is 0 Å². The molecule has 1 aromatic carbocycles. The number of carbonyl (C=O) groups is 4. The van der Waals surface area contributed by atoms with Crippen LogP contribution in [0, 0.1) is 5.92 Å². The Bertz CT molecular complexity index is 954. The van der Waals surface area contributed by atoms with Gasteiger partial charge in [0.25, 0.3) is 11.8 Å². The molecular weight excluding hydrogens is 376 g/mol. The van der Waals surface area contributed by atoms with Gasteiger partial charge in [0.05, 0.1) is 11.1 Å². The second-order valence-electron chi connectivity index (χ2n) is 7.54. The molecule has 150 valence electrons. The summed E-state index contributed by atoms with van der Waals surface area (Å²) in [6.07, 6.45) is 2.14. The number of nitrogens with zero attached hydrogens (tertiary/aromatic N) is 5. The number of fused-ring (bicyclic) bond motifs is 1. The Morgan fingerprint density at radius 3 is 2.69 bits per heavy atom. The van der Waals surface area contributed by atoms with Crippen LogP contribution in [0.5, 0.6) is 0 Å². The van der Waals surface area contributed by atoms with Crippen molar-refractivity contribution in [3.8, 4) is 0 Å². The van der Waals surface area contributed by atoms with E-state index in [4.69, 9.17) is 5.53 Å². The maximum absolute atomic E-state index is 12.9. The van der Waals surface area contributed by atoms with Gasteiger partial charge in [-0.15, -0.1) is 0 Å². The lowest BCUT2D eigenvalue weighted by molar-refractivity contribution is -0.136. The van der Waals surface area contributed by atoms with E-state index in [1.807, 2.05) is 0 Å². The predicted octanol–water partition coefficient (Wildman–Crippen LogP) is 1.61. The number of azide groups is 1. The zero-order chi connectivity index (χ0) is 20.5. The molecule has 3 aliphatic heterocycles. The molecule has 0 aliphatic carbocycles. The molecular formula is C19H20N6O4. The topological polar surface area (TPSA) is 136 Å². The van der Waals surface area contributed by atoms with E-state index in [0.717, 1.165) is 30.0 Å². The van der Waals surface area contributed by atoms with Crippen LogP contribution in [0.25, 0.3) is 10.4 Å². The number of carbonyl (C=O) groups excluding carboxylic acids is 4. The molecule has 2 unspecified atom stereocenters. The fraction of sp³-hybridized carbons (Fsp3) is 0.474. The lowest BCUT2D eigenvalue weighted by Crippen LogP contribution is -2.54. The molecule has 2 fully saturated rings. The largest absolute Gasteiger partial charge is 0.371 e. The highest BCUT2D eigenvalue weighted by Gasteiger charge is 2.44. The number of imide groups is 2. The second kappa shape index (κ2) is 7.56. The minimum atomic E-state index is -0.966. The van der Waals surface area contributed by atoms with E-state index < -0.39 is 29.7 Å². The summed E-state index contributed by atoms with van der Waals surface area (Å²) in [5.41, 5.74) is 9.89. The number of piperidine rings is 2. The molecule has 4 amide bonds. The summed E-state index contributed by atoms with van der Waals surface area (Å²) < 4.78 is 0. The van der Waals surface area contributed by atoms with Crippen LogP contribution in [-0.4, -0.2) is 54.2 Å². The minimum absolute atomic E-state index is 0.0927. The zero-order valence-electron chi connectivity index (χ0n) is 15.7. The summed E-state index contributed by atoms with van der Waals surface area (Å²) in [6.45, 7) is 1.94. The number of amides is 4. The molecule has 0 bridgehead atoms. The summed E-state index contributed by atoms with van der Waals surface area (Å²) in [5, 5.41) is 5.86. The van der Waals surface area contributed by atoms with Gasteiger partial charge in [-0.05, 0) is 48.9 Å². The van der Waals surface area contributed by atoms with Crippen molar-refractivity contribution in [3.63, 3.8) is 0 Å². The summed E-state index contributed by atoms with van der Waals surface area (Å²) >= 11 is 0. The molecule has 2 saturated heterocycles. The van der Waals surface area contributed by atoms with E-state index in [9.17, 15) is 19.2 Å². The summed E-state index contributed by atoms with van der Waals surface area (Å²) in [5.74, 6) is -1.79. The van der Waals surface area contributed by atoms with Gasteiger partial charge >= 0.3 is 0 Å². The Balaban J connectivity index is 1.56. The Kier molecular flexibility index (Phi) is 4.94. The maximum Gasteiger partial charge on any atom is 0.262 e. The number of benzene rings is 1. The molecule has 29 heavy (non-hydrogen) atoms. The van der Waals surface area contributed by atoms with E-state index >= 15 is 0 Å². The van der Waals surface area contributed by atoms with Gasteiger partial charge in [0.2, 0.25) is 11.8 Å². The maximum atomic E-state index is 12.9. The SMILES string of the molecule is [N-]=[N+]=NCC1CCCN(c2ccc3c(c2)C(=O)N(C2CCC(=O)NC2=O)C3=O)C1. The van der Waals surface area contributed by atoms with Crippen LogP contribution in [0.3, 0.4) is 0 Å². The normalized spacial score (nSPS) is 24.3. The van der Waals surface area contributed by atoms with Crippen molar-refractivity contribution in [2.75, 3.05) is 24.5 Å². The quantitative estimate of drug-likeness (QED) is 0.357. The molecule has 10 heteroatoms. The highest BCUT2D eigenvalue weighted by molar-refractivity contribution is 6.23. The van der Waals surface area contributed by atoms with Crippen molar-refractivity contribution in [2.24, 2.45) is 11.0 Å². The first-order chi connectivity index (χ1) is 14.0. The number of rotatable bonds is 4. The van der Waals surface area contributed by atoms with Crippen LogP contribution in [0.1, 0.15) is 46.4 Å². The van der Waals surface area contributed by atoms with Crippen LogP contribution in [0.15, 0.2) is 23.3 Å². The van der Waals surface area contributed by atoms with E-state index in [-0.39, 0.29) is 29.9 Å². The van der Waals surface area contributed by atoms with Gasteiger partial charge < -0.3 is 4.90 Å². The molecule has 4 rings (SSSR count). The number of hydrogen-bond donors (Lipinski definition) is 1. The van der Waals surface area contributed by atoms with Crippen LogP contribution in [0.4, 0.5) is 5.69 Å². The van der Waals surface area contributed by atoms with E-state index in [0.29, 0.717) is 13.1 Å². The third kappa shape index (κ3) is 3.42. The third-order valence-corrected chi connectivity index (χ3v) is 5.71. The molecule has 0 spiro atoms. The molecule has 10 nitrogen and oxygen atoms in total. The first-order valence-electron chi connectivity index (χ1n) is 9.61.